The Morgan fingerprint density at radius 3 is 2.74 bits per heavy atom. The van der Waals surface area contributed by atoms with Crippen LogP contribution in [0.25, 0.3) is 11.0 Å². The highest BCUT2D eigenvalue weighted by Gasteiger charge is 2.27. The highest BCUT2D eigenvalue weighted by molar-refractivity contribution is 5.75. The second kappa shape index (κ2) is 6.85. The molecule has 27 heavy (non-hydrogen) atoms. The van der Waals surface area contributed by atoms with Crippen LogP contribution in [0.1, 0.15) is 18.9 Å². The van der Waals surface area contributed by atoms with Gasteiger partial charge in [0.2, 0.25) is 0 Å². The molecule has 6 heteroatoms. The number of hydrogen-bond acceptors (Lipinski definition) is 4. The summed E-state index contributed by atoms with van der Waals surface area (Å²) in [5.41, 5.74) is 1.74. The van der Waals surface area contributed by atoms with E-state index in [-0.39, 0.29) is 11.9 Å². The van der Waals surface area contributed by atoms with E-state index in [2.05, 4.69) is 14.5 Å². The molecule has 140 valence electrons. The van der Waals surface area contributed by atoms with Gasteiger partial charge in [0, 0.05) is 31.7 Å². The Kier molecular flexibility index (Phi) is 4.20. The smallest absolute Gasteiger partial charge is 0.161 e. The number of nitrogens with zero attached hydrogens (tertiary/aromatic N) is 3. The molecule has 3 aromatic rings. The molecule has 1 unspecified atom stereocenters. The number of rotatable bonds is 3. The van der Waals surface area contributed by atoms with Crippen molar-refractivity contribution < 1.29 is 13.9 Å². The first kappa shape index (κ1) is 16.6. The van der Waals surface area contributed by atoms with Crippen LogP contribution in [-0.2, 0) is 0 Å². The third kappa shape index (κ3) is 3.25. The summed E-state index contributed by atoms with van der Waals surface area (Å²) < 4.78 is 27.5. The van der Waals surface area contributed by atoms with Crippen LogP contribution in [0.3, 0.4) is 0 Å². The minimum atomic E-state index is -0.237. The van der Waals surface area contributed by atoms with Crippen LogP contribution >= 0.6 is 0 Å². The van der Waals surface area contributed by atoms with Gasteiger partial charge in [-0.15, -0.1) is 0 Å². The van der Waals surface area contributed by atoms with Crippen molar-refractivity contribution in [1.82, 2.24) is 14.5 Å². The summed E-state index contributed by atoms with van der Waals surface area (Å²) in [5.74, 6) is 1.43. The van der Waals surface area contributed by atoms with E-state index in [1.807, 2.05) is 36.7 Å². The van der Waals surface area contributed by atoms with Crippen LogP contribution in [0.15, 0.2) is 48.8 Å². The minimum Gasteiger partial charge on any atom is -0.486 e. The molecule has 1 saturated heterocycles. The zero-order chi connectivity index (χ0) is 18.2. The Morgan fingerprint density at radius 2 is 1.89 bits per heavy atom. The average molecular weight is 367 g/mol. The van der Waals surface area contributed by atoms with Crippen molar-refractivity contribution in [2.24, 2.45) is 0 Å². The molecule has 1 atom stereocenters. The largest absolute Gasteiger partial charge is 0.486 e. The average Bonchev–Trinajstić information content (AvgIpc) is 3.11. The highest BCUT2D eigenvalue weighted by atomic mass is 19.1. The molecular weight excluding hydrogens is 345 g/mol. The number of para-hydroxylation sites is 2. The third-order valence-corrected chi connectivity index (χ3v) is 5.52. The van der Waals surface area contributed by atoms with Crippen molar-refractivity contribution in [3.05, 3.63) is 54.6 Å². The van der Waals surface area contributed by atoms with E-state index in [1.54, 1.807) is 0 Å². The number of imidazole rings is 1. The monoisotopic (exact) mass is 367 g/mol. The van der Waals surface area contributed by atoms with Gasteiger partial charge in [0.25, 0.3) is 0 Å². The van der Waals surface area contributed by atoms with Gasteiger partial charge in [0.05, 0.1) is 17.4 Å². The fourth-order valence-electron chi connectivity index (χ4n) is 4.12. The summed E-state index contributed by atoms with van der Waals surface area (Å²) in [6.45, 7) is 3.48. The van der Waals surface area contributed by atoms with Crippen molar-refractivity contribution >= 4 is 11.0 Å². The number of piperidine rings is 1. The number of ether oxygens (including phenoxy) is 2. The second-order valence-electron chi connectivity index (χ2n) is 7.31. The van der Waals surface area contributed by atoms with E-state index >= 15 is 0 Å². The van der Waals surface area contributed by atoms with Gasteiger partial charge >= 0.3 is 0 Å². The lowest BCUT2D eigenvalue weighted by molar-refractivity contribution is 0.0487. The Bertz CT molecular complexity index is 950. The summed E-state index contributed by atoms with van der Waals surface area (Å²) in [6.07, 6.45) is 4.01. The van der Waals surface area contributed by atoms with Crippen LogP contribution < -0.4 is 9.47 Å². The van der Waals surface area contributed by atoms with Crippen LogP contribution in [0.4, 0.5) is 4.39 Å². The maximum Gasteiger partial charge on any atom is 0.161 e. The van der Waals surface area contributed by atoms with Gasteiger partial charge < -0.3 is 14.0 Å². The summed E-state index contributed by atoms with van der Waals surface area (Å²) in [4.78, 5) is 6.80. The molecule has 5 rings (SSSR count). The van der Waals surface area contributed by atoms with Gasteiger partial charge in [-0.25, -0.2) is 9.37 Å². The Balaban J connectivity index is 1.21. The molecule has 0 bridgehead atoms. The van der Waals surface area contributed by atoms with Crippen molar-refractivity contribution in [3.8, 4) is 11.5 Å². The van der Waals surface area contributed by atoms with Gasteiger partial charge in [-0.3, -0.25) is 4.90 Å². The highest BCUT2D eigenvalue weighted by Crippen LogP contribution is 2.32. The third-order valence-electron chi connectivity index (χ3n) is 5.52. The predicted octanol–water partition coefficient (Wildman–Crippen LogP) is 3.65. The van der Waals surface area contributed by atoms with E-state index in [1.165, 1.54) is 12.1 Å². The maximum absolute atomic E-state index is 13.4. The molecule has 2 aliphatic rings. The number of fused-ring (bicyclic) bond motifs is 2. The van der Waals surface area contributed by atoms with E-state index in [0.29, 0.717) is 12.6 Å². The number of likely N-dealkylation sites (tertiary alicyclic amines) is 1. The number of hydrogen-bond donors (Lipinski definition) is 0. The molecule has 1 fully saturated rings. The Hall–Kier alpha value is -2.60. The molecule has 0 amide bonds. The van der Waals surface area contributed by atoms with E-state index < -0.39 is 0 Å². The van der Waals surface area contributed by atoms with Gasteiger partial charge in [-0.2, -0.15) is 0 Å². The van der Waals surface area contributed by atoms with E-state index in [9.17, 15) is 4.39 Å². The lowest BCUT2D eigenvalue weighted by Gasteiger charge is -2.36. The molecule has 1 aromatic heterocycles. The number of halogens is 1. The van der Waals surface area contributed by atoms with Crippen LogP contribution in [0.2, 0.25) is 0 Å². The van der Waals surface area contributed by atoms with Crippen LogP contribution in [-0.4, -0.2) is 46.8 Å². The normalized spacial score (nSPS) is 20.9. The summed E-state index contributed by atoms with van der Waals surface area (Å²) >= 11 is 0. The molecule has 2 aromatic carbocycles. The fourth-order valence-corrected chi connectivity index (χ4v) is 4.12. The summed E-state index contributed by atoms with van der Waals surface area (Å²) in [7, 11) is 0. The van der Waals surface area contributed by atoms with Crippen molar-refractivity contribution in [1.29, 1.82) is 0 Å². The van der Waals surface area contributed by atoms with E-state index in [4.69, 9.17) is 9.47 Å². The number of aromatic nitrogens is 2. The number of benzene rings is 2. The standard InChI is InChI=1S/C21H22FN3O2/c22-15-5-6-19-18(11-15)23-14-25(19)16-7-9-24(10-8-16)12-17-13-26-20-3-1-2-4-21(20)27-17/h1-6,11,14,16-17H,7-10,12-13H2. The van der Waals surface area contributed by atoms with Gasteiger partial charge in [0.1, 0.15) is 18.5 Å². The Morgan fingerprint density at radius 1 is 1.07 bits per heavy atom. The van der Waals surface area contributed by atoms with Crippen molar-refractivity contribution in [2.45, 2.75) is 25.0 Å². The minimum absolute atomic E-state index is 0.0634. The molecule has 0 saturated carbocycles. The molecular formula is C21H22FN3O2. The summed E-state index contributed by atoms with van der Waals surface area (Å²) in [6, 6.07) is 13.1. The first-order chi connectivity index (χ1) is 13.3. The first-order valence-electron chi connectivity index (χ1n) is 9.49. The molecule has 0 N–H and O–H groups in total. The molecule has 5 nitrogen and oxygen atoms in total. The summed E-state index contributed by atoms with van der Waals surface area (Å²) in [5, 5.41) is 0. The molecule has 0 aliphatic carbocycles. The van der Waals surface area contributed by atoms with Gasteiger partial charge in [-0.05, 0) is 37.1 Å². The van der Waals surface area contributed by atoms with E-state index in [0.717, 1.165) is 55.0 Å². The molecule has 0 radical (unpaired) electrons. The predicted molar refractivity (Wildman–Crippen MR) is 101 cm³/mol. The molecule has 3 heterocycles. The zero-order valence-electron chi connectivity index (χ0n) is 15.1. The molecule has 0 spiro atoms. The Labute approximate surface area is 157 Å². The SMILES string of the molecule is Fc1ccc2c(c1)ncn2C1CCN(CC2COc3ccccc3O2)CC1. The second-order valence-corrected chi connectivity index (χ2v) is 7.31. The lowest BCUT2D eigenvalue weighted by Crippen LogP contribution is -2.44. The maximum atomic E-state index is 13.4. The first-order valence-corrected chi connectivity index (χ1v) is 9.49. The zero-order valence-corrected chi connectivity index (χ0v) is 15.1. The topological polar surface area (TPSA) is 39.5 Å². The van der Waals surface area contributed by atoms with Crippen molar-refractivity contribution in [2.75, 3.05) is 26.2 Å². The fraction of sp³-hybridized carbons (Fsp3) is 0.381. The lowest BCUT2D eigenvalue weighted by atomic mass is 10.0. The van der Waals surface area contributed by atoms with Crippen LogP contribution in [0, 0.1) is 5.82 Å². The van der Waals surface area contributed by atoms with Crippen LogP contribution in [0.5, 0.6) is 11.5 Å². The quantitative estimate of drug-likeness (QED) is 0.708. The van der Waals surface area contributed by atoms with Crippen molar-refractivity contribution in [3.63, 3.8) is 0 Å². The van der Waals surface area contributed by atoms with Gasteiger partial charge in [0.15, 0.2) is 11.5 Å². The molecule has 2 aliphatic heterocycles. The van der Waals surface area contributed by atoms with Gasteiger partial charge in [-0.1, -0.05) is 12.1 Å².